The van der Waals surface area contributed by atoms with Crippen LogP contribution in [-0.2, 0) is 38.3 Å². The molecule has 0 saturated carbocycles. The Kier molecular flexibility index (Phi) is 13.6. The molecule has 69 heavy (non-hydrogen) atoms. The minimum absolute atomic E-state index is 0.120. The number of nitrogens with zero attached hydrogens (tertiary/aromatic N) is 6. The Hall–Kier alpha value is -7.72. The molecule has 354 valence electrons. The van der Waals surface area contributed by atoms with Crippen molar-refractivity contribution in [1.29, 1.82) is 10.5 Å². The monoisotopic (exact) mass is 928 g/mol. The van der Waals surface area contributed by atoms with Crippen molar-refractivity contribution in [3.8, 4) is 34.4 Å². The lowest BCUT2D eigenvalue weighted by Crippen LogP contribution is -2.48. The number of alkyl carbamates (subject to hydrolysis) is 2. The highest BCUT2D eigenvalue weighted by Gasteiger charge is 2.38. The lowest BCUT2D eigenvalue weighted by molar-refractivity contribution is -0.135. The summed E-state index contributed by atoms with van der Waals surface area (Å²) in [7, 11) is 2.50. The number of likely N-dealkylation sites (tertiary alicyclic amines) is 2. The van der Waals surface area contributed by atoms with E-state index in [2.05, 4.69) is 100 Å². The van der Waals surface area contributed by atoms with Crippen molar-refractivity contribution in [2.24, 2.45) is 0 Å². The summed E-state index contributed by atoms with van der Waals surface area (Å²) in [4.78, 5) is 72.3. The van der Waals surface area contributed by atoms with Gasteiger partial charge >= 0.3 is 12.2 Å². The molecule has 4 bridgehead atoms. The molecule has 4 N–H and O–H groups in total. The Morgan fingerprint density at radius 3 is 1.74 bits per heavy atom. The Morgan fingerprint density at radius 1 is 0.696 bits per heavy atom. The van der Waals surface area contributed by atoms with E-state index in [0.717, 1.165) is 78.1 Å². The molecule has 4 aliphatic carbocycles. The maximum atomic E-state index is 13.8. The summed E-state index contributed by atoms with van der Waals surface area (Å²) in [5.41, 5.74) is 12.9. The second-order valence-corrected chi connectivity index (χ2v) is 18.4. The van der Waals surface area contributed by atoms with Crippen LogP contribution in [-0.4, -0.2) is 93.1 Å². The molecule has 16 nitrogen and oxygen atoms in total. The van der Waals surface area contributed by atoms with Gasteiger partial charge in [0.2, 0.25) is 11.8 Å². The minimum Gasteiger partial charge on any atom is -0.453 e. The molecule has 2 fully saturated rings. The molecule has 5 atom stereocenters. The molecule has 6 aliphatic rings. The number of imidazole rings is 2. The summed E-state index contributed by atoms with van der Waals surface area (Å²) in [5, 5.41) is 23.7. The van der Waals surface area contributed by atoms with E-state index in [0.29, 0.717) is 24.7 Å². The van der Waals surface area contributed by atoms with Crippen molar-refractivity contribution in [1.82, 2.24) is 40.4 Å². The number of amides is 4. The first-order valence-corrected chi connectivity index (χ1v) is 23.8. The third-order valence-corrected chi connectivity index (χ3v) is 14.1. The highest BCUT2D eigenvalue weighted by Crippen LogP contribution is 2.39. The van der Waals surface area contributed by atoms with E-state index in [9.17, 15) is 29.7 Å². The van der Waals surface area contributed by atoms with Gasteiger partial charge in [0, 0.05) is 25.9 Å². The number of nitrogens with one attached hydrogen (secondary N) is 4. The van der Waals surface area contributed by atoms with Crippen LogP contribution in [0.2, 0.25) is 0 Å². The number of carbonyl (C=O) groups excluding carboxylic acids is 4. The number of aryl methyl sites for hydroxylation is 2. The van der Waals surface area contributed by atoms with Crippen LogP contribution in [0.25, 0.3) is 44.3 Å². The van der Waals surface area contributed by atoms with Gasteiger partial charge in [0.15, 0.2) is 0 Å². The van der Waals surface area contributed by atoms with E-state index in [-0.39, 0.29) is 55.5 Å². The van der Waals surface area contributed by atoms with Gasteiger partial charge < -0.3 is 39.9 Å². The lowest BCUT2D eigenvalue weighted by atomic mass is 9.84. The summed E-state index contributed by atoms with van der Waals surface area (Å²) in [6.45, 7) is 3.32. The molecule has 4 heterocycles. The van der Waals surface area contributed by atoms with Crippen LogP contribution >= 0.6 is 0 Å². The third-order valence-electron chi connectivity index (χ3n) is 14.1. The third kappa shape index (κ3) is 9.70. The van der Waals surface area contributed by atoms with Gasteiger partial charge in [0.1, 0.15) is 23.7 Å². The summed E-state index contributed by atoms with van der Waals surface area (Å²) in [5.74, 6) is 1.08. The molecule has 0 unspecified atom stereocenters. The first-order valence-electron chi connectivity index (χ1n) is 23.8. The van der Waals surface area contributed by atoms with E-state index in [1.54, 1.807) is 9.80 Å². The average Bonchev–Trinajstić information content (AvgIpc) is 4.21. The van der Waals surface area contributed by atoms with E-state index in [4.69, 9.17) is 19.4 Å². The topological polar surface area (TPSA) is 222 Å². The SMILES string of the molecule is COC(=O)N[C@@H](CCC#N)C(=O)N1CCC[C@H]1c1nc2ccc(-c3cc4ccc3CCc3ccc(c(-c5ccc6nc([C@@H]7CCCN7C(=O)[C@H](CCC#N)NC(=O)OC)[nH]c6c5)c3)C[C@H]4C)cc2[nH]1. The van der Waals surface area contributed by atoms with Crippen molar-refractivity contribution in [2.75, 3.05) is 27.3 Å². The minimum atomic E-state index is -0.871. The van der Waals surface area contributed by atoms with Crippen molar-refractivity contribution in [3.63, 3.8) is 0 Å². The number of ether oxygens (including phenoxy) is 2. The number of benzene rings is 4. The van der Waals surface area contributed by atoms with Crippen LogP contribution in [0.15, 0.2) is 72.8 Å². The van der Waals surface area contributed by atoms with Crippen molar-refractivity contribution in [2.45, 2.75) is 108 Å². The molecule has 0 spiro atoms. The maximum Gasteiger partial charge on any atom is 0.407 e. The van der Waals surface area contributed by atoms with Gasteiger partial charge in [0.05, 0.1) is 60.5 Å². The van der Waals surface area contributed by atoms with Crippen molar-refractivity contribution < 1.29 is 28.7 Å². The highest BCUT2D eigenvalue weighted by molar-refractivity contribution is 5.88. The molecule has 12 rings (SSSR count). The van der Waals surface area contributed by atoms with Crippen LogP contribution in [0.3, 0.4) is 0 Å². The molecule has 2 aromatic heterocycles. The smallest absolute Gasteiger partial charge is 0.407 e. The van der Waals surface area contributed by atoms with Crippen LogP contribution < -0.4 is 10.6 Å². The number of fused-ring (bicyclic) bond motifs is 2. The predicted octanol–water partition coefficient (Wildman–Crippen LogP) is 8.60. The number of H-pyrrole nitrogens is 2. The number of carbonyl (C=O) groups is 4. The van der Waals surface area contributed by atoms with Crippen molar-refractivity contribution in [3.05, 3.63) is 107 Å². The first kappa shape index (κ1) is 46.4. The van der Waals surface area contributed by atoms with E-state index in [1.165, 1.54) is 47.6 Å². The number of aromatic amines is 2. The zero-order valence-electron chi connectivity index (χ0n) is 39.1. The van der Waals surface area contributed by atoms with Gasteiger partial charge in [-0.25, -0.2) is 19.6 Å². The maximum absolute atomic E-state index is 13.8. The summed E-state index contributed by atoms with van der Waals surface area (Å²) < 4.78 is 9.54. The Bertz CT molecular complexity index is 3020. The summed E-state index contributed by atoms with van der Waals surface area (Å²) in [6, 6.07) is 28.2. The van der Waals surface area contributed by atoms with Gasteiger partial charge in [0.25, 0.3) is 0 Å². The van der Waals surface area contributed by atoms with Crippen LogP contribution in [0, 0.1) is 22.7 Å². The van der Waals surface area contributed by atoms with E-state index in [1.807, 2.05) is 12.1 Å². The van der Waals surface area contributed by atoms with Gasteiger partial charge in [-0.2, -0.15) is 10.5 Å². The summed E-state index contributed by atoms with van der Waals surface area (Å²) in [6.07, 6.45) is 4.70. The number of aromatic nitrogens is 4. The van der Waals surface area contributed by atoms with Crippen LogP contribution in [0.5, 0.6) is 0 Å². The Labute approximate surface area is 400 Å². The Morgan fingerprint density at radius 2 is 1.22 bits per heavy atom. The van der Waals surface area contributed by atoms with Gasteiger partial charge in [-0.05, 0) is 132 Å². The highest BCUT2D eigenvalue weighted by atomic mass is 16.5. The molecule has 16 heteroatoms. The second kappa shape index (κ2) is 20.2. The molecular weight excluding hydrogens is 873 g/mol. The molecule has 2 aliphatic heterocycles. The average molecular weight is 929 g/mol. The number of nitriles is 2. The second-order valence-electron chi connectivity index (χ2n) is 18.4. The summed E-state index contributed by atoms with van der Waals surface area (Å²) >= 11 is 0. The number of methoxy groups -OCH3 is 2. The van der Waals surface area contributed by atoms with Gasteiger partial charge in [-0.3, -0.25) is 9.59 Å². The molecule has 2 saturated heterocycles. The number of hydrogen-bond donors (Lipinski definition) is 4. The van der Waals surface area contributed by atoms with E-state index < -0.39 is 24.3 Å². The van der Waals surface area contributed by atoms with Crippen LogP contribution in [0.4, 0.5) is 9.59 Å². The molecule has 0 radical (unpaired) electrons. The molecular formula is C53H56N10O6. The standard InChI is InChI=1S/C53H56N10O6/c1-31-26-35-15-13-32(27-38(35)36-18-20-40-44(29-36)58-48(56-40)46-10-6-24-62(46)50(64)42(8-4-22-54)60-52(66)68-2)12-14-33-16-17-34(31)28-39(33)37-19-21-41-45(30-37)59-49(57-41)47-11-7-25-63(47)51(65)43(9-5-23-55)61-53(67)69-3/h13,15-21,27-31,42-43,46-47H,4-12,14,24-26H2,1-3H3,(H,56,58)(H,57,59)(H,60,66)(H,61,67)/t31-,42+,43+,46+,47+/m1/s1. The first-order chi connectivity index (χ1) is 33.5. The fourth-order valence-corrected chi connectivity index (χ4v) is 10.4. The number of hydrogen-bond acceptors (Lipinski definition) is 10. The Balaban J connectivity index is 0.950. The fraction of sp³-hybridized carbons (Fsp3) is 0.396. The molecule has 6 aromatic rings. The van der Waals surface area contributed by atoms with E-state index >= 15 is 0 Å². The van der Waals surface area contributed by atoms with Gasteiger partial charge in [-0.1, -0.05) is 55.5 Å². The largest absolute Gasteiger partial charge is 0.453 e. The van der Waals surface area contributed by atoms with Crippen LogP contribution in [0.1, 0.15) is 110 Å². The van der Waals surface area contributed by atoms with Crippen molar-refractivity contribution >= 4 is 46.1 Å². The normalized spacial score (nSPS) is 18.5. The lowest BCUT2D eigenvalue weighted by Gasteiger charge is -2.27. The predicted molar refractivity (Wildman–Crippen MR) is 258 cm³/mol. The molecule has 4 amide bonds. The zero-order chi connectivity index (χ0) is 48.2. The molecule has 4 aromatic carbocycles. The fourth-order valence-electron chi connectivity index (χ4n) is 10.4. The number of rotatable bonds is 12. The van der Waals surface area contributed by atoms with Gasteiger partial charge in [-0.15, -0.1) is 0 Å². The zero-order valence-corrected chi connectivity index (χ0v) is 39.1. The quantitative estimate of drug-likeness (QED) is 0.0915.